The molecule has 1 heterocycles. The minimum atomic E-state index is 0.564. The molecule has 1 saturated carbocycles. The zero-order valence-corrected chi connectivity index (χ0v) is 17.8. The Morgan fingerprint density at radius 1 is 1.04 bits per heavy atom. The van der Waals surface area contributed by atoms with Crippen molar-refractivity contribution in [2.75, 3.05) is 21.3 Å². The molecule has 3 nitrogen and oxygen atoms in total. The molecule has 4 heteroatoms. The van der Waals surface area contributed by atoms with Gasteiger partial charge in [-0.25, -0.2) is 0 Å². The van der Waals surface area contributed by atoms with Gasteiger partial charge in [-0.1, -0.05) is 30.2 Å². The highest BCUT2D eigenvalue weighted by Gasteiger charge is 2.40. The number of benzene rings is 2. The van der Waals surface area contributed by atoms with E-state index in [0.717, 1.165) is 29.5 Å². The Balaban J connectivity index is 1.63. The van der Waals surface area contributed by atoms with Crippen LogP contribution in [-0.2, 0) is 13.0 Å². The summed E-state index contributed by atoms with van der Waals surface area (Å²) in [5.74, 6) is 2.94. The number of methoxy groups -OCH3 is 2. The van der Waals surface area contributed by atoms with Crippen LogP contribution in [0.15, 0.2) is 36.4 Å². The topological polar surface area (TPSA) is 21.7 Å². The zero-order valence-electron chi connectivity index (χ0n) is 17.1. The predicted octanol–water partition coefficient (Wildman–Crippen LogP) is 5.69. The van der Waals surface area contributed by atoms with E-state index in [1.54, 1.807) is 14.2 Å². The molecule has 1 aliphatic heterocycles. The summed E-state index contributed by atoms with van der Waals surface area (Å²) < 4.78 is 11.2. The van der Waals surface area contributed by atoms with Crippen molar-refractivity contribution in [3.8, 4) is 11.5 Å². The molecule has 0 amide bonds. The van der Waals surface area contributed by atoms with Crippen LogP contribution >= 0.6 is 11.6 Å². The van der Waals surface area contributed by atoms with Crippen LogP contribution < -0.4 is 9.47 Å². The van der Waals surface area contributed by atoms with E-state index in [0.29, 0.717) is 17.9 Å². The van der Waals surface area contributed by atoms with Gasteiger partial charge in [0.2, 0.25) is 0 Å². The molecule has 2 aliphatic rings. The first-order chi connectivity index (χ1) is 13.6. The van der Waals surface area contributed by atoms with Crippen molar-refractivity contribution in [3.05, 3.63) is 58.1 Å². The van der Waals surface area contributed by atoms with Gasteiger partial charge in [-0.05, 0) is 79.6 Å². The van der Waals surface area contributed by atoms with Crippen LogP contribution in [0.5, 0.6) is 11.5 Å². The maximum absolute atomic E-state index is 6.05. The third kappa shape index (κ3) is 3.75. The van der Waals surface area contributed by atoms with Crippen LogP contribution in [0.25, 0.3) is 0 Å². The van der Waals surface area contributed by atoms with Crippen LogP contribution in [0.4, 0.5) is 0 Å². The second-order valence-corrected chi connectivity index (χ2v) is 8.71. The first-order valence-electron chi connectivity index (χ1n) is 10.3. The number of rotatable bonds is 5. The third-order valence-corrected chi connectivity index (χ3v) is 6.96. The highest BCUT2D eigenvalue weighted by atomic mass is 35.5. The normalized spacial score (nSPS) is 24.4. The van der Waals surface area contributed by atoms with Crippen molar-refractivity contribution in [1.82, 2.24) is 4.90 Å². The summed E-state index contributed by atoms with van der Waals surface area (Å²) >= 11 is 6.05. The Kier molecular flexibility index (Phi) is 5.84. The monoisotopic (exact) mass is 399 g/mol. The molecule has 3 atom stereocenters. The van der Waals surface area contributed by atoms with Crippen molar-refractivity contribution >= 4 is 11.6 Å². The molecule has 0 N–H and O–H groups in total. The van der Waals surface area contributed by atoms with Crippen LogP contribution in [-0.4, -0.2) is 32.2 Å². The Hall–Kier alpha value is -1.71. The lowest BCUT2D eigenvalue weighted by Gasteiger charge is -2.47. The average molecular weight is 400 g/mol. The fourth-order valence-electron chi connectivity index (χ4n) is 5.32. The summed E-state index contributed by atoms with van der Waals surface area (Å²) in [4.78, 5) is 2.55. The van der Waals surface area contributed by atoms with Crippen LogP contribution in [0, 0.1) is 5.92 Å². The van der Waals surface area contributed by atoms with Crippen molar-refractivity contribution in [1.29, 1.82) is 0 Å². The minimum Gasteiger partial charge on any atom is -0.493 e. The number of hydrogen-bond donors (Lipinski definition) is 0. The van der Waals surface area contributed by atoms with Gasteiger partial charge in [0.15, 0.2) is 11.5 Å². The Labute approximate surface area is 173 Å². The van der Waals surface area contributed by atoms with E-state index in [9.17, 15) is 0 Å². The summed E-state index contributed by atoms with van der Waals surface area (Å²) in [7, 11) is 5.73. The van der Waals surface area contributed by atoms with E-state index in [2.05, 4.69) is 36.2 Å². The summed E-state index contributed by atoms with van der Waals surface area (Å²) in [5, 5.41) is 0.811. The van der Waals surface area contributed by atoms with Gasteiger partial charge in [-0.15, -0.1) is 0 Å². The molecule has 1 fully saturated rings. The molecule has 4 rings (SSSR count). The van der Waals surface area contributed by atoms with E-state index < -0.39 is 0 Å². The number of halogens is 1. The van der Waals surface area contributed by atoms with Gasteiger partial charge in [0.1, 0.15) is 0 Å². The van der Waals surface area contributed by atoms with Gasteiger partial charge >= 0.3 is 0 Å². The number of aryl methyl sites for hydroxylation is 1. The van der Waals surface area contributed by atoms with Gasteiger partial charge in [0, 0.05) is 23.5 Å². The second-order valence-electron chi connectivity index (χ2n) is 8.27. The third-order valence-electron chi connectivity index (χ3n) is 6.70. The maximum Gasteiger partial charge on any atom is 0.161 e. The molecule has 0 radical (unpaired) electrons. The van der Waals surface area contributed by atoms with Crippen LogP contribution in [0.1, 0.15) is 48.3 Å². The molecule has 28 heavy (non-hydrogen) atoms. The van der Waals surface area contributed by atoms with Crippen LogP contribution in [0.3, 0.4) is 0 Å². The Bertz CT molecular complexity index is 820. The van der Waals surface area contributed by atoms with Gasteiger partial charge < -0.3 is 9.47 Å². The molecule has 2 aromatic carbocycles. The summed E-state index contributed by atoms with van der Waals surface area (Å²) in [5.41, 5.74) is 4.24. The molecule has 0 aromatic heterocycles. The van der Waals surface area contributed by atoms with Gasteiger partial charge in [-0.2, -0.15) is 0 Å². The van der Waals surface area contributed by atoms with E-state index >= 15 is 0 Å². The van der Waals surface area contributed by atoms with Crippen LogP contribution in [0.2, 0.25) is 5.02 Å². The highest BCUT2D eigenvalue weighted by Crippen LogP contribution is 2.48. The van der Waals surface area contributed by atoms with Gasteiger partial charge in [0.05, 0.1) is 14.2 Å². The average Bonchev–Trinajstić information content (AvgIpc) is 2.72. The van der Waals surface area contributed by atoms with E-state index in [1.165, 1.54) is 42.4 Å². The number of nitrogens with zero attached hydrogens (tertiary/aromatic N) is 1. The second kappa shape index (κ2) is 8.34. The lowest BCUT2D eigenvalue weighted by atomic mass is 9.67. The van der Waals surface area contributed by atoms with Gasteiger partial charge in [0.25, 0.3) is 0 Å². The lowest BCUT2D eigenvalue weighted by molar-refractivity contribution is 0.102. The molecular weight excluding hydrogens is 370 g/mol. The van der Waals surface area contributed by atoms with Crippen molar-refractivity contribution in [2.24, 2.45) is 5.92 Å². The molecule has 0 bridgehead atoms. The quantitative estimate of drug-likeness (QED) is 0.644. The largest absolute Gasteiger partial charge is 0.493 e. The van der Waals surface area contributed by atoms with Crippen molar-refractivity contribution in [3.63, 3.8) is 0 Å². The molecule has 1 aliphatic carbocycles. The SMILES string of the molecule is COc1cc2c(cc1OC)C1C(CCc3ccc(Cl)cc3)CCCC1N(C)C2. The predicted molar refractivity (Wildman–Crippen MR) is 115 cm³/mol. The molecule has 0 spiro atoms. The molecular formula is C24H30ClNO2. The smallest absolute Gasteiger partial charge is 0.161 e. The Morgan fingerprint density at radius 2 is 1.75 bits per heavy atom. The van der Waals surface area contributed by atoms with E-state index in [1.807, 2.05) is 12.1 Å². The fourth-order valence-corrected chi connectivity index (χ4v) is 5.44. The standard InChI is InChI=1S/C24H30ClNO2/c1-26-15-18-13-22(27-2)23(28-3)14-20(18)24-17(5-4-6-21(24)26)10-7-16-8-11-19(25)12-9-16/h8-9,11-14,17,21,24H,4-7,10,15H2,1-3H3. The summed E-state index contributed by atoms with van der Waals surface area (Å²) in [6.45, 7) is 0.987. The highest BCUT2D eigenvalue weighted by molar-refractivity contribution is 6.30. The molecule has 0 saturated heterocycles. The zero-order chi connectivity index (χ0) is 19.7. The van der Waals surface area contributed by atoms with Gasteiger partial charge in [-0.3, -0.25) is 4.90 Å². The number of hydrogen-bond acceptors (Lipinski definition) is 3. The summed E-state index contributed by atoms with van der Waals surface area (Å²) in [6.07, 6.45) is 6.23. The van der Waals surface area contributed by atoms with Crippen molar-refractivity contribution < 1.29 is 9.47 Å². The molecule has 2 aromatic rings. The lowest BCUT2D eigenvalue weighted by Crippen LogP contribution is -2.46. The summed E-state index contributed by atoms with van der Waals surface area (Å²) in [6, 6.07) is 13.4. The number of fused-ring (bicyclic) bond motifs is 3. The number of ether oxygens (including phenoxy) is 2. The van der Waals surface area contributed by atoms with Crippen molar-refractivity contribution in [2.45, 2.75) is 50.6 Å². The fraction of sp³-hybridized carbons (Fsp3) is 0.500. The molecule has 150 valence electrons. The minimum absolute atomic E-state index is 0.564. The maximum atomic E-state index is 6.05. The Morgan fingerprint density at radius 3 is 2.46 bits per heavy atom. The van der Waals surface area contributed by atoms with E-state index in [-0.39, 0.29) is 0 Å². The van der Waals surface area contributed by atoms with E-state index in [4.69, 9.17) is 21.1 Å². The first-order valence-corrected chi connectivity index (χ1v) is 10.7. The molecule has 3 unspecified atom stereocenters. The first kappa shape index (κ1) is 19.6. The number of likely N-dealkylation sites (N-methyl/N-ethyl adjacent to an activating group) is 1.